The van der Waals surface area contributed by atoms with Gasteiger partial charge < -0.3 is 5.73 Å². The number of nitrogens with two attached hydrogens (primary N) is 1. The fourth-order valence-electron chi connectivity index (χ4n) is 3.99. The normalized spacial score (nSPS) is 15.3. The first-order chi connectivity index (χ1) is 13.9. The smallest absolute Gasteiger partial charge is 0.269 e. The molecule has 1 aliphatic rings. The molecule has 0 saturated heterocycles. The number of anilines is 1. The van der Waals surface area contributed by atoms with E-state index in [9.17, 15) is 10.1 Å². The van der Waals surface area contributed by atoms with E-state index in [2.05, 4.69) is 9.88 Å². The minimum Gasteiger partial charge on any atom is -0.383 e. The Morgan fingerprint density at radius 2 is 2.07 bits per heavy atom. The molecule has 7 nitrogen and oxygen atoms in total. The highest BCUT2D eigenvalue weighted by Gasteiger charge is 2.21. The van der Waals surface area contributed by atoms with E-state index in [4.69, 9.17) is 10.7 Å². The summed E-state index contributed by atoms with van der Waals surface area (Å²) in [7, 11) is 1.97. The summed E-state index contributed by atoms with van der Waals surface area (Å²) in [4.78, 5) is 24.6. The van der Waals surface area contributed by atoms with Crippen LogP contribution in [0, 0.1) is 10.1 Å². The lowest BCUT2D eigenvalue weighted by atomic mass is 10.1. The predicted molar refractivity (Wildman–Crippen MR) is 116 cm³/mol. The predicted octanol–water partition coefficient (Wildman–Crippen LogP) is 4.64. The largest absolute Gasteiger partial charge is 0.383 e. The number of nitrogens with zero attached hydrogens (tertiary/aromatic N) is 4. The Kier molecular flexibility index (Phi) is 5.47. The van der Waals surface area contributed by atoms with Crippen LogP contribution in [0.15, 0.2) is 24.3 Å². The van der Waals surface area contributed by atoms with Gasteiger partial charge in [-0.05, 0) is 50.8 Å². The first-order valence-corrected chi connectivity index (χ1v) is 10.8. The van der Waals surface area contributed by atoms with E-state index in [0.29, 0.717) is 18.2 Å². The van der Waals surface area contributed by atoms with Crippen molar-refractivity contribution < 1.29 is 4.92 Å². The Balaban J connectivity index is 1.59. The van der Waals surface area contributed by atoms with Gasteiger partial charge in [-0.2, -0.15) is 0 Å². The standard InChI is InChI=1S/C21H25N5O2S/c1-13(14-7-6-8-15(11-14)26(27)28)25(2)12-18-23-20(22)19-16-9-4-3-5-10-17(16)29-21(19)24-18/h6-8,11,13H,3-5,9-10,12H2,1-2H3,(H2,22,23,24). The van der Waals surface area contributed by atoms with Crippen LogP contribution in [0.3, 0.4) is 0 Å². The number of non-ortho nitro benzene ring substituents is 1. The second-order valence-corrected chi connectivity index (χ2v) is 8.80. The molecule has 0 radical (unpaired) electrons. The fourth-order valence-corrected chi connectivity index (χ4v) is 5.28. The highest BCUT2D eigenvalue weighted by molar-refractivity contribution is 7.19. The van der Waals surface area contributed by atoms with E-state index in [-0.39, 0.29) is 16.7 Å². The molecule has 29 heavy (non-hydrogen) atoms. The Morgan fingerprint density at radius 3 is 2.86 bits per heavy atom. The number of thiophene rings is 1. The van der Waals surface area contributed by atoms with Gasteiger partial charge >= 0.3 is 0 Å². The summed E-state index contributed by atoms with van der Waals surface area (Å²) in [6.07, 6.45) is 5.86. The van der Waals surface area contributed by atoms with Crippen molar-refractivity contribution in [3.05, 3.63) is 56.2 Å². The zero-order chi connectivity index (χ0) is 20.5. The van der Waals surface area contributed by atoms with Gasteiger partial charge in [0.2, 0.25) is 0 Å². The van der Waals surface area contributed by atoms with Crippen LogP contribution in [0.2, 0.25) is 0 Å². The summed E-state index contributed by atoms with van der Waals surface area (Å²) in [6, 6.07) is 6.74. The third-order valence-electron chi connectivity index (χ3n) is 5.75. The summed E-state index contributed by atoms with van der Waals surface area (Å²) in [6.45, 7) is 2.54. The molecule has 3 aromatic rings. The minimum absolute atomic E-state index is 0.0181. The topological polar surface area (TPSA) is 98.2 Å². The van der Waals surface area contributed by atoms with Gasteiger partial charge in [-0.3, -0.25) is 15.0 Å². The molecule has 0 saturated carbocycles. The molecular formula is C21H25N5O2S. The van der Waals surface area contributed by atoms with Gasteiger partial charge in [0.25, 0.3) is 5.69 Å². The molecular weight excluding hydrogens is 386 g/mol. The molecule has 2 N–H and O–H groups in total. The molecule has 4 rings (SSSR count). The van der Waals surface area contributed by atoms with E-state index in [1.807, 2.05) is 20.0 Å². The van der Waals surface area contributed by atoms with Crippen molar-refractivity contribution in [1.29, 1.82) is 0 Å². The molecule has 0 aliphatic heterocycles. The molecule has 0 spiro atoms. The van der Waals surface area contributed by atoms with Crippen molar-refractivity contribution >= 4 is 33.1 Å². The zero-order valence-electron chi connectivity index (χ0n) is 16.7. The maximum atomic E-state index is 11.1. The number of nitro benzene ring substituents is 1. The number of aromatic nitrogens is 2. The third-order valence-corrected chi connectivity index (χ3v) is 6.94. The number of aryl methyl sites for hydroxylation is 2. The molecule has 0 amide bonds. The number of nitrogen functional groups attached to an aromatic ring is 1. The fraction of sp³-hybridized carbons (Fsp3) is 0.429. The summed E-state index contributed by atoms with van der Waals surface area (Å²) >= 11 is 1.75. The average molecular weight is 412 g/mol. The maximum Gasteiger partial charge on any atom is 0.269 e. The van der Waals surface area contributed by atoms with Crippen LogP contribution >= 0.6 is 11.3 Å². The van der Waals surface area contributed by atoms with E-state index in [0.717, 1.165) is 28.6 Å². The van der Waals surface area contributed by atoms with E-state index >= 15 is 0 Å². The molecule has 1 aliphatic carbocycles. The zero-order valence-corrected chi connectivity index (χ0v) is 17.5. The van der Waals surface area contributed by atoms with E-state index < -0.39 is 0 Å². The monoisotopic (exact) mass is 411 g/mol. The van der Waals surface area contributed by atoms with Gasteiger partial charge in [0, 0.05) is 23.1 Å². The van der Waals surface area contributed by atoms with Crippen molar-refractivity contribution in [1.82, 2.24) is 14.9 Å². The molecule has 2 heterocycles. The Labute approximate surface area is 173 Å². The van der Waals surface area contributed by atoms with Gasteiger partial charge in [0.1, 0.15) is 16.5 Å². The SMILES string of the molecule is CC(c1cccc([N+](=O)[O-])c1)N(C)Cc1nc(N)c2c3c(sc2n1)CCCCC3. The first kappa shape index (κ1) is 19.7. The van der Waals surface area contributed by atoms with Crippen LogP contribution in [0.1, 0.15) is 54.1 Å². The lowest BCUT2D eigenvalue weighted by Gasteiger charge is -2.24. The van der Waals surface area contributed by atoms with E-state index in [1.165, 1.54) is 35.8 Å². The van der Waals surface area contributed by atoms with Crippen LogP contribution in [0.25, 0.3) is 10.2 Å². The lowest BCUT2D eigenvalue weighted by Crippen LogP contribution is -2.23. The quantitative estimate of drug-likeness (QED) is 0.373. The van der Waals surface area contributed by atoms with Crippen molar-refractivity contribution in [2.75, 3.05) is 12.8 Å². The summed E-state index contributed by atoms with van der Waals surface area (Å²) in [5.74, 6) is 1.26. The summed E-state index contributed by atoms with van der Waals surface area (Å²) in [5.41, 5.74) is 8.70. The van der Waals surface area contributed by atoms with Crippen molar-refractivity contribution in [3.8, 4) is 0 Å². The highest BCUT2D eigenvalue weighted by atomic mass is 32.1. The molecule has 1 unspecified atom stereocenters. The van der Waals surface area contributed by atoms with Gasteiger partial charge in [-0.1, -0.05) is 18.6 Å². The van der Waals surface area contributed by atoms with Crippen molar-refractivity contribution in [2.24, 2.45) is 0 Å². The van der Waals surface area contributed by atoms with Gasteiger partial charge in [-0.25, -0.2) is 9.97 Å². The second kappa shape index (κ2) is 8.04. The molecule has 0 bridgehead atoms. The maximum absolute atomic E-state index is 11.1. The number of hydrogen-bond acceptors (Lipinski definition) is 7. The molecule has 1 aromatic carbocycles. The average Bonchev–Trinajstić information content (AvgIpc) is 2.89. The van der Waals surface area contributed by atoms with Gasteiger partial charge in [0.05, 0.1) is 16.9 Å². The van der Waals surface area contributed by atoms with Crippen LogP contribution in [0.4, 0.5) is 11.5 Å². The third kappa shape index (κ3) is 3.95. The van der Waals surface area contributed by atoms with Crippen molar-refractivity contribution in [2.45, 2.75) is 51.6 Å². The summed E-state index contributed by atoms with van der Waals surface area (Å²) < 4.78 is 0. The second-order valence-electron chi connectivity index (χ2n) is 7.71. The van der Waals surface area contributed by atoms with Crippen LogP contribution in [-0.2, 0) is 19.4 Å². The first-order valence-electron chi connectivity index (χ1n) is 9.95. The Hall–Kier alpha value is -2.58. The number of fused-ring (bicyclic) bond motifs is 3. The molecule has 0 fully saturated rings. The number of benzene rings is 1. The van der Waals surface area contributed by atoms with Gasteiger partial charge in [0.15, 0.2) is 0 Å². The molecule has 8 heteroatoms. The highest BCUT2D eigenvalue weighted by Crippen LogP contribution is 2.37. The van der Waals surface area contributed by atoms with Crippen LogP contribution < -0.4 is 5.73 Å². The molecule has 1 atom stereocenters. The lowest BCUT2D eigenvalue weighted by molar-refractivity contribution is -0.384. The number of hydrogen-bond donors (Lipinski definition) is 1. The number of rotatable bonds is 5. The minimum atomic E-state index is -0.366. The summed E-state index contributed by atoms with van der Waals surface area (Å²) in [5, 5.41) is 12.1. The molecule has 152 valence electrons. The van der Waals surface area contributed by atoms with Gasteiger partial charge in [-0.15, -0.1) is 11.3 Å². The van der Waals surface area contributed by atoms with Crippen LogP contribution in [-0.4, -0.2) is 26.8 Å². The van der Waals surface area contributed by atoms with Crippen LogP contribution in [0.5, 0.6) is 0 Å². The Morgan fingerprint density at radius 1 is 1.28 bits per heavy atom. The molecule has 2 aromatic heterocycles. The van der Waals surface area contributed by atoms with Crippen molar-refractivity contribution in [3.63, 3.8) is 0 Å². The number of nitro groups is 1. The van der Waals surface area contributed by atoms with E-state index in [1.54, 1.807) is 23.5 Å². The Bertz CT molecular complexity index is 1060.